The summed E-state index contributed by atoms with van der Waals surface area (Å²) >= 11 is 0. The highest BCUT2D eigenvalue weighted by molar-refractivity contribution is 5.96. The van der Waals surface area contributed by atoms with Crippen molar-refractivity contribution in [2.45, 2.75) is 26.4 Å². The molecule has 0 unspecified atom stereocenters. The van der Waals surface area contributed by atoms with Crippen LogP contribution in [0.3, 0.4) is 0 Å². The fourth-order valence-corrected chi connectivity index (χ4v) is 2.39. The van der Waals surface area contributed by atoms with Gasteiger partial charge in [-0.1, -0.05) is 6.07 Å². The van der Waals surface area contributed by atoms with Gasteiger partial charge in [-0.25, -0.2) is 9.59 Å². The smallest absolute Gasteiger partial charge is 0.377 e. The average Bonchev–Trinajstić information content (AvgIpc) is 2.76. The van der Waals surface area contributed by atoms with Crippen molar-refractivity contribution < 1.29 is 42.7 Å². The first-order valence-corrected chi connectivity index (χ1v) is 9.62. The van der Waals surface area contributed by atoms with E-state index in [2.05, 4.69) is 14.7 Å². The molecule has 1 heterocycles. The van der Waals surface area contributed by atoms with Gasteiger partial charge in [0.05, 0.1) is 34.5 Å². The molecule has 1 aromatic carbocycles. The van der Waals surface area contributed by atoms with Crippen molar-refractivity contribution in [2.24, 2.45) is 0 Å². The molecule has 0 fully saturated rings. The summed E-state index contributed by atoms with van der Waals surface area (Å²) in [6, 6.07) is 5.77. The highest BCUT2D eigenvalue weighted by Crippen LogP contribution is 2.35. The molecule has 11 nitrogen and oxygen atoms in total. The molecule has 0 spiro atoms. The summed E-state index contributed by atoms with van der Waals surface area (Å²) in [5.41, 5.74) is -0.950. The molecule has 0 saturated carbocycles. The third-order valence-corrected chi connectivity index (χ3v) is 3.70. The Morgan fingerprint density at radius 2 is 1.55 bits per heavy atom. The number of carbonyl (C=O) groups excluding carboxylic acids is 2. The summed E-state index contributed by atoms with van der Waals surface area (Å²) in [6.45, 7) is 5.11. The topological polar surface area (TPSA) is 125 Å². The van der Waals surface area contributed by atoms with Crippen molar-refractivity contribution in [3.05, 3.63) is 41.9 Å². The zero-order valence-electron chi connectivity index (χ0n) is 19.5. The third-order valence-electron chi connectivity index (χ3n) is 3.70. The number of nitrogens with zero attached hydrogens (tertiary/aromatic N) is 2. The van der Waals surface area contributed by atoms with Crippen LogP contribution in [0, 0.1) is 0 Å². The first kappa shape index (κ1) is 25.2. The Kier molecular flexibility index (Phi) is 8.43. The zero-order valence-corrected chi connectivity index (χ0v) is 19.5. The van der Waals surface area contributed by atoms with Crippen molar-refractivity contribution in [1.29, 1.82) is 0 Å². The lowest BCUT2D eigenvalue weighted by Gasteiger charge is -2.21. The van der Waals surface area contributed by atoms with Gasteiger partial charge in [-0.3, -0.25) is 0 Å². The minimum absolute atomic E-state index is 0.00121. The van der Waals surface area contributed by atoms with E-state index in [1.807, 2.05) is 0 Å². The number of hydrogen-bond acceptors (Lipinski definition) is 11. The standard InChI is InChI=1S/C22H26N2O9/c1-22(2,3)33-20(26)18-13(31-15(12-27-4)19(25)30-7)9-8-10-14(18)32-21-23-16(28-5)11-17(24-21)29-6/h8-12H,1-7H3. The van der Waals surface area contributed by atoms with Gasteiger partial charge in [-0.05, 0) is 32.9 Å². The van der Waals surface area contributed by atoms with Gasteiger partial charge in [0.25, 0.3) is 0 Å². The summed E-state index contributed by atoms with van der Waals surface area (Å²) in [6.07, 6.45) is 1.04. The largest absolute Gasteiger partial charge is 0.500 e. The quantitative estimate of drug-likeness (QED) is 0.310. The molecule has 1 aromatic heterocycles. The number of ether oxygens (including phenoxy) is 7. The normalized spacial score (nSPS) is 11.3. The van der Waals surface area contributed by atoms with Crippen molar-refractivity contribution in [2.75, 3.05) is 28.4 Å². The first-order valence-electron chi connectivity index (χ1n) is 9.62. The van der Waals surface area contributed by atoms with Gasteiger partial charge in [0.1, 0.15) is 28.9 Å². The van der Waals surface area contributed by atoms with Crippen LogP contribution in [0.2, 0.25) is 0 Å². The number of hydrogen-bond donors (Lipinski definition) is 0. The molecule has 0 saturated heterocycles. The molecule has 2 rings (SSSR count). The molecule has 0 aliphatic heterocycles. The van der Waals surface area contributed by atoms with Gasteiger partial charge in [-0.2, -0.15) is 9.97 Å². The van der Waals surface area contributed by atoms with Crippen LogP contribution in [0.15, 0.2) is 36.3 Å². The number of benzene rings is 1. The van der Waals surface area contributed by atoms with E-state index in [1.165, 1.54) is 52.7 Å². The molecule has 0 aliphatic carbocycles. The fraction of sp³-hybridized carbons (Fsp3) is 0.364. The summed E-state index contributed by atoms with van der Waals surface area (Å²) in [7, 11) is 5.34. The number of methoxy groups -OCH3 is 4. The molecule has 2 aromatic rings. The maximum Gasteiger partial charge on any atom is 0.377 e. The van der Waals surface area contributed by atoms with Crippen molar-refractivity contribution >= 4 is 11.9 Å². The van der Waals surface area contributed by atoms with E-state index in [4.69, 9.17) is 28.4 Å². The molecule has 0 aliphatic rings. The van der Waals surface area contributed by atoms with E-state index in [1.54, 1.807) is 20.8 Å². The van der Waals surface area contributed by atoms with Crippen LogP contribution in [0.25, 0.3) is 0 Å². The molecule has 0 amide bonds. The van der Waals surface area contributed by atoms with Crippen LogP contribution in [-0.4, -0.2) is 55.9 Å². The van der Waals surface area contributed by atoms with Crippen LogP contribution >= 0.6 is 0 Å². The second-order valence-corrected chi connectivity index (χ2v) is 7.28. The van der Waals surface area contributed by atoms with Crippen molar-refractivity contribution in [1.82, 2.24) is 9.97 Å². The summed E-state index contributed by atoms with van der Waals surface area (Å²) in [5.74, 6) is -1.59. The molecule has 33 heavy (non-hydrogen) atoms. The fourth-order valence-electron chi connectivity index (χ4n) is 2.39. The Morgan fingerprint density at radius 1 is 0.939 bits per heavy atom. The van der Waals surface area contributed by atoms with Crippen molar-refractivity contribution in [3.8, 4) is 29.3 Å². The maximum absolute atomic E-state index is 13.1. The monoisotopic (exact) mass is 462 g/mol. The second kappa shape index (κ2) is 11.0. The Morgan fingerprint density at radius 3 is 2.06 bits per heavy atom. The Labute approximate surface area is 191 Å². The SMILES string of the molecule is COC=C(Oc1cccc(Oc2nc(OC)cc(OC)n2)c1C(=O)OC(C)(C)C)C(=O)OC. The summed E-state index contributed by atoms with van der Waals surface area (Å²) in [5, 5.41) is 0. The number of carbonyl (C=O) groups is 2. The summed E-state index contributed by atoms with van der Waals surface area (Å²) < 4.78 is 36.7. The van der Waals surface area contributed by atoms with Crippen LogP contribution < -0.4 is 18.9 Å². The van der Waals surface area contributed by atoms with Gasteiger partial charge in [-0.15, -0.1) is 0 Å². The van der Waals surface area contributed by atoms with E-state index in [-0.39, 0.29) is 40.6 Å². The highest BCUT2D eigenvalue weighted by atomic mass is 16.6. The Bertz CT molecular complexity index is 1010. The van der Waals surface area contributed by atoms with E-state index < -0.39 is 17.5 Å². The van der Waals surface area contributed by atoms with Gasteiger partial charge in [0.15, 0.2) is 0 Å². The lowest BCUT2D eigenvalue weighted by Crippen LogP contribution is -2.25. The third kappa shape index (κ3) is 6.99. The zero-order chi connectivity index (χ0) is 24.6. The average molecular weight is 462 g/mol. The van der Waals surface area contributed by atoms with Gasteiger partial charge in [0, 0.05) is 0 Å². The minimum atomic E-state index is -0.829. The Hall–Kier alpha value is -4.02. The predicted molar refractivity (Wildman–Crippen MR) is 115 cm³/mol. The highest BCUT2D eigenvalue weighted by Gasteiger charge is 2.28. The lowest BCUT2D eigenvalue weighted by atomic mass is 10.1. The van der Waals surface area contributed by atoms with E-state index in [0.717, 1.165) is 6.26 Å². The molecule has 0 radical (unpaired) electrons. The maximum atomic E-state index is 13.1. The van der Waals surface area contributed by atoms with E-state index in [0.29, 0.717) is 0 Å². The number of aromatic nitrogens is 2. The van der Waals surface area contributed by atoms with Gasteiger partial charge >= 0.3 is 17.9 Å². The van der Waals surface area contributed by atoms with Crippen LogP contribution in [-0.2, 0) is 19.0 Å². The molecular formula is C22H26N2O9. The minimum Gasteiger partial charge on any atom is -0.500 e. The molecule has 0 bridgehead atoms. The molecular weight excluding hydrogens is 436 g/mol. The van der Waals surface area contributed by atoms with E-state index in [9.17, 15) is 9.59 Å². The molecule has 0 N–H and O–H groups in total. The number of rotatable bonds is 9. The van der Waals surface area contributed by atoms with E-state index >= 15 is 0 Å². The molecule has 178 valence electrons. The van der Waals surface area contributed by atoms with Gasteiger partial charge in [0.2, 0.25) is 17.5 Å². The van der Waals surface area contributed by atoms with Crippen molar-refractivity contribution in [3.63, 3.8) is 0 Å². The lowest BCUT2D eigenvalue weighted by molar-refractivity contribution is -0.138. The number of esters is 2. The van der Waals surface area contributed by atoms with Crippen LogP contribution in [0.1, 0.15) is 31.1 Å². The molecule has 11 heteroatoms. The first-order chi connectivity index (χ1) is 15.6. The van der Waals surface area contributed by atoms with Crippen LogP contribution in [0.4, 0.5) is 0 Å². The predicted octanol–water partition coefficient (Wildman–Crippen LogP) is 3.28. The van der Waals surface area contributed by atoms with Crippen LogP contribution in [0.5, 0.6) is 29.3 Å². The molecule has 0 atom stereocenters. The second-order valence-electron chi connectivity index (χ2n) is 7.28. The summed E-state index contributed by atoms with van der Waals surface area (Å²) in [4.78, 5) is 33.3. The Balaban J connectivity index is 2.59. The van der Waals surface area contributed by atoms with Gasteiger partial charge < -0.3 is 33.2 Å².